The van der Waals surface area contributed by atoms with Crippen LogP contribution in [0.1, 0.15) is 17.5 Å². The summed E-state index contributed by atoms with van der Waals surface area (Å²) < 4.78 is -1.29. The Morgan fingerprint density at radius 2 is 1.07 bits per heavy atom. The Bertz CT molecular complexity index is 336. The number of aromatic nitrogens is 3. The smallest absolute Gasteiger partial charge is 0.194 e. The van der Waals surface area contributed by atoms with Crippen LogP contribution in [0.4, 0.5) is 0 Å². The van der Waals surface area contributed by atoms with Crippen molar-refractivity contribution in [2.24, 2.45) is 0 Å². The minimum atomic E-state index is -0.645. The van der Waals surface area contributed by atoms with E-state index < -0.39 is 4.29 Å². The second kappa shape index (κ2) is 5.26. The summed E-state index contributed by atoms with van der Waals surface area (Å²) in [6, 6.07) is 0. The molecule has 1 aromatic rings. The summed E-state index contributed by atoms with van der Waals surface area (Å²) in [6.07, 6.45) is 0. The Labute approximate surface area is 137 Å². The Kier molecular flexibility index (Phi) is 5.24. The molecular formula is C6H3Br6N3. The van der Waals surface area contributed by atoms with Crippen LogP contribution in [0.15, 0.2) is 0 Å². The van der Waals surface area contributed by atoms with E-state index in [-0.39, 0.29) is 0 Å². The maximum atomic E-state index is 4.27. The van der Waals surface area contributed by atoms with Crippen molar-refractivity contribution in [2.45, 2.75) is 11.2 Å². The number of rotatable bonds is 0. The molecule has 0 aromatic carbocycles. The molecule has 1 heterocycles. The van der Waals surface area contributed by atoms with E-state index in [0.29, 0.717) is 17.5 Å². The van der Waals surface area contributed by atoms with E-state index in [4.69, 9.17) is 0 Å². The minimum absolute atomic E-state index is 0.535. The maximum absolute atomic E-state index is 4.27. The van der Waals surface area contributed by atoms with Gasteiger partial charge >= 0.3 is 0 Å². The first-order chi connectivity index (χ1) is 6.60. The second-order valence-electron chi connectivity index (χ2n) is 2.53. The molecule has 84 valence electrons. The Morgan fingerprint density at radius 3 is 1.33 bits per heavy atom. The van der Waals surface area contributed by atoms with Crippen LogP contribution in [0.5, 0.6) is 0 Å². The van der Waals surface area contributed by atoms with Crippen molar-refractivity contribution < 1.29 is 0 Å². The van der Waals surface area contributed by atoms with Crippen LogP contribution in [-0.4, -0.2) is 15.0 Å². The number of halogens is 6. The van der Waals surface area contributed by atoms with Crippen LogP contribution in [0.25, 0.3) is 0 Å². The van der Waals surface area contributed by atoms with Gasteiger partial charge in [0.1, 0.15) is 5.82 Å². The van der Waals surface area contributed by atoms with Crippen LogP contribution in [0, 0.1) is 6.92 Å². The molecule has 0 radical (unpaired) electrons. The van der Waals surface area contributed by atoms with Gasteiger partial charge in [0, 0.05) is 0 Å². The van der Waals surface area contributed by atoms with E-state index in [1.807, 2.05) is 0 Å². The summed E-state index contributed by atoms with van der Waals surface area (Å²) >= 11 is 20.1. The van der Waals surface area contributed by atoms with E-state index in [0.717, 1.165) is 0 Å². The quantitative estimate of drug-likeness (QED) is 0.406. The van der Waals surface area contributed by atoms with Crippen molar-refractivity contribution in [3.63, 3.8) is 0 Å². The zero-order valence-corrected chi connectivity index (χ0v) is 16.6. The van der Waals surface area contributed by atoms with Crippen molar-refractivity contribution in [3.05, 3.63) is 17.5 Å². The van der Waals surface area contributed by atoms with Gasteiger partial charge in [0.05, 0.1) is 0 Å². The van der Waals surface area contributed by atoms with Gasteiger partial charge in [0.25, 0.3) is 0 Å². The summed E-state index contributed by atoms with van der Waals surface area (Å²) in [4.78, 5) is 12.7. The standard InChI is InChI=1S/C6H3Br6N3/c1-2-13-3(5(7,8)9)15-4(14-2)6(10,11)12/h1H3. The third kappa shape index (κ3) is 4.57. The van der Waals surface area contributed by atoms with Gasteiger partial charge in [-0.1, -0.05) is 95.6 Å². The monoisotopic (exact) mass is 591 g/mol. The average molecular weight is 597 g/mol. The van der Waals surface area contributed by atoms with Gasteiger partial charge in [-0.25, -0.2) is 15.0 Å². The molecule has 0 spiro atoms. The third-order valence-corrected chi connectivity index (χ3v) is 3.38. The number of hydrogen-bond acceptors (Lipinski definition) is 3. The summed E-state index contributed by atoms with van der Waals surface area (Å²) in [6.45, 7) is 1.80. The molecule has 0 aliphatic carbocycles. The largest absolute Gasteiger partial charge is 0.215 e. The van der Waals surface area contributed by atoms with E-state index in [1.54, 1.807) is 6.92 Å². The van der Waals surface area contributed by atoms with Crippen LogP contribution in [0.2, 0.25) is 0 Å². The molecule has 3 nitrogen and oxygen atoms in total. The highest BCUT2D eigenvalue weighted by Crippen LogP contribution is 2.45. The van der Waals surface area contributed by atoms with Gasteiger partial charge in [0.15, 0.2) is 15.9 Å². The summed E-state index contributed by atoms with van der Waals surface area (Å²) in [7, 11) is 0. The predicted molar refractivity (Wildman–Crippen MR) is 81.5 cm³/mol. The maximum Gasteiger partial charge on any atom is 0.194 e. The molecule has 15 heavy (non-hydrogen) atoms. The molecule has 0 fully saturated rings. The highest BCUT2D eigenvalue weighted by atomic mass is 80.0. The number of aryl methyl sites for hydroxylation is 1. The third-order valence-electron chi connectivity index (χ3n) is 1.25. The number of nitrogens with zero attached hydrogens (tertiary/aromatic N) is 3. The topological polar surface area (TPSA) is 38.7 Å². The SMILES string of the molecule is Cc1nc(C(Br)(Br)Br)nc(C(Br)(Br)Br)n1. The van der Waals surface area contributed by atoms with Crippen molar-refractivity contribution in [1.82, 2.24) is 15.0 Å². The molecule has 0 aliphatic rings. The fourth-order valence-electron chi connectivity index (χ4n) is 0.735. The Morgan fingerprint density at radius 1 is 0.733 bits per heavy atom. The van der Waals surface area contributed by atoms with E-state index >= 15 is 0 Å². The highest BCUT2D eigenvalue weighted by Gasteiger charge is 2.31. The normalized spacial score (nSPS) is 13.0. The van der Waals surface area contributed by atoms with Crippen LogP contribution < -0.4 is 0 Å². The lowest BCUT2D eigenvalue weighted by Gasteiger charge is -2.15. The molecule has 0 amide bonds. The van der Waals surface area contributed by atoms with Gasteiger partial charge in [0.2, 0.25) is 0 Å². The first kappa shape index (κ1) is 14.9. The minimum Gasteiger partial charge on any atom is -0.215 e. The molecule has 0 N–H and O–H groups in total. The van der Waals surface area contributed by atoms with Crippen LogP contribution in [-0.2, 0) is 4.29 Å². The number of alkyl halides is 6. The van der Waals surface area contributed by atoms with Gasteiger partial charge in [-0.05, 0) is 6.92 Å². The molecule has 0 saturated carbocycles. The summed E-state index contributed by atoms with van der Waals surface area (Å²) in [5.74, 6) is 1.70. The first-order valence-corrected chi connectivity index (χ1v) is 8.23. The summed E-state index contributed by atoms with van der Waals surface area (Å²) in [5.41, 5.74) is 0. The molecule has 9 heteroatoms. The van der Waals surface area contributed by atoms with Crippen LogP contribution >= 0.6 is 95.6 Å². The highest BCUT2D eigenvalue weighted by molar-refractivity contribution is 9.39. The molecule has 0 atom stereocenters. The zero-order valence-electron chi connectivity index (χ0n) is 7.11. The molecule has 0 aliphatic heterocycles. The molecule has 0 saturated heterocycles. The van der Waals surface area contributed by atoms with E-state index in [1.165, 1.54) is 0 Å². The van der Waals surface area contributed by atoms with E-state index in [2.05, 4.69) is 111 Å². The van der Waals surface area contributed by atoms with Crippen molar-refractivity contribution in [1.29, 1.82) is 0 Å². The summed E-state index contributed by atoms with van der Waals surface area (Å²) in [5, 5.41) is 0. The molecule has 1 rings (SSSR count). The fraction of sp³-hybridized carbons (Fsp3) is 0.500. The van der Waals surface area contributed by atoms with Crippen molar-refractivity contribution in [3.8, 4) is 0 Å². The lowest BCUT2D eigenvalue weighted by Crippen LogP contribution is -2.15. The Hall–Kier alpha value is 1.89. The molecule has 0 bridgehead atoms. The Balaban J connectivity index is 3.30. The predicted octanol–water partition coefficient (Wildman–Crippen LogP) is 4.77. The fourth-order valence-corrected chi connectivity index (χ4v) is 1.80. The molecular weight excluding hydrogens is 594 g/mol. The second-order valence-corrected chi connectivity index (χ2v) is 16.0. The first-order valence-electron chi connectivity index (χ1n) is 3.48. The van der Waals surface area contributed by atoms with Gasteiger partial charge < -0.3 is 0 Å². The van der Waals surface area contributed by atoms with Gasteiger partial charge in [-0.15, -0.1) is 0 Å². The number of hydrogen-bond donors (Lipinski definition) is 0. The van der Waals surface area contributed by atoms with Crippen LogP contribution in [0.3, 0.4) is 0 Å². The average Bonchev–Trinajstić information content (AvgIpc) is 1.99. The molecule has 0 unspecified atom stereocenters. The van der Waals surface area contributed by atoms with Gasteiger partial charge in [-0.3, -0.25) is 0 Å². The van der Waals surface area contributed by atoms with Gasteiger partial charge in [-0.2, -0.15) is 0 Å². The molecule has 1 aromatic heterocycles. The van der Waals surface area contributed by atoms with Crippen molar-refractivity contribution >= 4 is 95.6 Å². The van der Waals surface area contributed by atoms with E-state index in [9.17, 15) is 0 Å². The van der Waals surface area contributed by atoms with Crippen molar-refractivity contribution in [2.75, 3.05) is 0 Å². The lowest BCUT2D eigenvalue weighted by molar-refractivity contribution is 0.847. The lowest BCUT2D eigenvalue weighted by atomic mass is 10.5. The zero-order chi connectivity index (χ0) is 11.9.